The fraction of sp³-hybridized carbons (Fsp3) is 0.120. The Morgan fingerprint density at radius 2 is 1.85 bits per heavy atom. The van der Waals surface area contributed by atoms with Crippen LogP contribution in [-0.2, 0) is 5.54 Å². The van der Waals surface area contributed by atoms with Crippen molar-refractivity contribution in [1.82, 2.24) is 9.97 Å². The maximum absolute atomic E-state index is 14.7. The van der Waals surface area contributed by atoms with Gasteiger partial charge in [0.25, 0.3) is 6.43 Å². The van der Waals surface area contributed by atoms with E-state index in [-0.39, 0.29) is 17.1 Å². The third kappa shape index (κ3) is 3.95. The van der Waals surface area contributed by atoms with Gasteiger partial charge in [0.05, 0.1) is 11.3 Å². The van der Waals surface area contributed by atoms with Crippen molar-refractivity contribution in [1.29, 1.82) is 0 Å². The Labute approximate surface area is 189 Å². The highest BCUT2D eigenvalue weighted by molar-refractivity contribution is 6.03. The monoisotopic (exact) mass is 447 g/mol. The molecule has 1 aliphatic heterocycles. The standard InChI is InChI=1S/C25H20F3N5/c1-15(9-10-32-16(2)23(27)28)25(20-7-4-8-21(26)22(20)24(29)33-25)19-6-3-5-17(11-19)18-12-30-14-31-13-18/h3-14,23H,1H2,2H3,(H2,29,33)/b10-9-,32-16?/t25-/m1/s1. The number of benzene rings is 2. The summed E-state index contributed by atoms with van der Waals surface area (Å²) in [5.74, 6) is -0.482. The fourth-order valence-electron chi connectivity index (χ4n) is 3.83. The van der Waals surface area contributed by atoms with Crippen LogP contribution in [-0.4, -0.2) is 27.9 Å². The quantitative estimate of drug-likeness (QED) is 0.425. The molecule has 0 aliphatic carbocycles. The lowest BCUT2D eigenvalue weighted by Gasteiger charge is -2.29. The number of nitrogens with two attached hydrogens (primary N) is 1. The Kier molecular flexibility index (Phi) is 5.91. The van der Waals surface area contributed by atoms with E-state index in [0.29, 0.717) is 16.7 Å². The summed E-state index contributed by atoms with van der Waals surface area (Å²) in [6, 6.07) is 12.0. The van der Waals surface area contributed by atoms with Crippen molar-refractivity contribution in [3.63, 3.8) is 0 Å². The van der Waals surface area contributed by atoms with Crippen molar-refractivity contribution in [3.05, 3.63) is 108 Å². The predicted molar refractivity (Wildman–Crippen MR) is 123 cm³/mol. The maximum Gasteiger partial charge on any atom is 0.276 e. The first-order chi connectivity index (χ1) is 15.8. The van der Waals surface area contributed by atoms with E-state index in [1.165, 1.54) is 31.6 Å². The molecular weight excluding hydrogens is 427 g/mol. The Hall–Kier alpha value is -4.07. The van der Waals surface area contributed by atoms with Crippen LogP contribution in [0.3, 0.4) is 0 Å². The molecule has 5 nitrogen and oxygen atoms in total. The van der Waals surface area contributed by atoms with Crippen molar-refractivity contribution >= 4 is 11.5 Å². The molecule has 0 spiro atoms. The molecule has 0 fully saturated rings. The average Bonchev–Trinajstić information content (AvgIpc) is 3.14. The smallest absolute Gasteiger partial charge is 0.276 e. The van der Waals surface area contributed by atoms with Crippen LogP contribution in [0.25, 0.3) is 11.1 Å². The Bertz CT molecular complexity index is 1300. The van der Waals surface area contributed by atoms with E-state index >= 15 is 0 Å². The van der Waals surface area contributed by atoms with Gasteiger partial charge in [-0.3, -0.25) is 4.99 Å². The van der Waals surface area contributed by atoms with Crippen LogP contribution in [0.5, 0.6) is 0 Å². The molecule has 1 atom stereocenters. The Balaban J connectivity index is 1.90. The molecule has 0 amide bonds. The summed E-state index contributed by atoms with van der Waals surface area (Å²) in [6.45, 7) is 5.37. The molecular formula is C25H20F3N5. The number of amidine groups is 1. The summed E-state index contributed by atoms with van der Waals surface area (Å²) in [4.78, 5) is 16.6. The molecule has 0 saturated heterocycles. The minimum atomic E-state index is -2.67. The van der Waals surface area contributed by atoms with Gasteiger partial charge in [-0.2, -0.15) is 0 Å². The highest BCUT2D eigenvalue weighted by Crippen LogP contribution is 2.47. The molecule has 4 rings (SSSR count). The van der Waals surface area contributed by atoms with Crippen molar-refractivity contribution in [2.24, 2.45) is 15.7 Å². The van der Waals surface area contributed by atoms with Crippen LogP contribution in [0, 0.1) is 5.82 Å². The van der Waals surface area contributed by atoms with E-state index in [0.717, 1.165) is 11.1 Å². The van der Waals surface area contributed by atoms with E-state index in [1.54, 1.807) is 24.5 Å². The topological polar surface area (TPSA) is 76.5 Å². The number of nitrogens with zero attached hydrogens (tertiary/aromatic N) is 4. The van der Waals surface area contributed by atoms with Crippen molar-refractivity contribution in [2.45, 2.75) is 18.9 Å². The summed E-state index contributed by atoms with van der Waals surface area (Å²) in [7, 11) is 0. The largest absolute Gasteiger partial charge is 0.383 e. The van der Waals surface area contributed by atoms with Gasteiger partial charge in [-0.05, 0) is 41.8 Å². The van der Waals surface area contributed by atoms with Crippen molar-refractivity contribution in [3.8, 4) is 11.1 Å². The first-order valence-electron chi connectivity index (χ1n) is 10.0. The van der Waals surface area contributed by atoms with E-state index in [1.807, 2.05) is 24.3 Å². The van der Waals surface area contributed by atoms with Gasteiger partial charge in [0.2, 0.25) is 0 Å². The van der Waals surface area contributed by atoms with Gasteiger partial charge < -0.3 is 5.73 Å². The number of alkyl halides is 2. The molecule has 2 N–H and O–H groups in total. The second kappa shape index (κ2) is 8.82. The molecule has 8 heteroatoms. The SMILES string of the molecule is C=C(/C=C\N=C(C)C(F)F)[C@]1(c2cccc(-c3cncnc3)c2)N=C(N)c2c(F)cccc21. The predicted octanol–water partition coefficient (Wildman–Crippen LogP) is 5.04. The van der Waals surface area contributed by atoms with Crippen LogP contribution < -0.4 is 5.73 Å². The zero-order valence-corrected chi connectivity index (χ0v) is 17.7. The van der Waals surface area contributed by atoms with Gasteiger partial charge in [-0.15, -0.1) is 0 Å². The Morgan fingerprint density at radius 3 is 2.58 bits per heavy atom. The number of aliphatic imine (C=N–C) groups is 2. The molecule has 3 aromatic rings. The molecule has 1 aromatic heterocycles. The summed E-state index contributed by atoms with van der Waals surface area (Å²) < 4.78 is 40.4. The maximum atomic E-state index is 14.7. The molecule has 166 valence electrons. The molecule has 2 aromatic carbocycles. The number of halogens is 3. The molecule has 33 heavy (non-hydrogen) atoms. The van der Waals surface area contributed by atoms with Crippen LogP contribution in [0.4, 0.5) is 13.2 Å². The van der Waals surface area contributed by atoms with E-state index in [2.05, 4.69) is 26.5 Å². The fourth-order valence-corrected chi connectivity index (χ4v) is 3.83. The second-order valence-electron chi connectivity index (χ2n) is 7.49. The summed E-state index contributed by atoms with van der Waals surface area (Å²) in [5.41, 5.74) is 7.91. The van der Waals surface area contributed by atoms with Crippen molar-refractivity contribution in [2.75, 3.05) is 0 Å². The summed E-state index contributed by atoms with van der Waals surface area (Å²) in [6.07, 6.45) is 4.84. The molecule has 0 saturated carbocycles. The molecule has 0 radical (unpaired) electrons. The number of hydrogen-bond acceptors (Lipinski definition) is 5. The molecule has 0 bridgehead atoms. The lowest BCUT2D eigenvalue weighted by atomic mass is 9.77. The van der Waals surface area contributed by atoms with Crippen LogP contribution >= 0.6 is 0 Å². The first-order valence-corrected chi connectivity index (χ1v) is 10.0. The van der Waals surface area contributed by atoms with Crippen LogP contribution in [0.2, 0.25) is 0 Å². The van der Waals surface area contributed by atoms with Gasteiger partial charge >= 0.3 is 0 Å². The minimum absolute atomic E-state index is 0.0263. The van der Waals surface area contributed by atoms with E-state index in [4.69, 9.17) is 5.73 Å². The third-order valence-electron chi connectivity index (χ3n) is 5.46. The van der Waals surface area contributed by atoms with E-state index in [9.17, 15) is 13.2 Å². The zero-order chi connectivity index (χ0) is 23.6. The van der Waals surface area contributed by atoms with Crippen molar-refractivity contribution < 1.29 is 13.2 Å². The third-order valence-corrected chi connectivity index (χ3v) is 5.46. The molecule has 0 unspecified atom stereocenters. The van der Waals surface area contributed by atoms with Crippen LogP contribution in [0.1, 0.15) is 23.6 Å². The average molecular weight is 447 g/mol. The number of fused-ring (bicyclic) bond motifs is 1. The highest BCUT2D eigenvalue weighted by Gasteiger charge is 2.44. The highest BCUT2D eigenvalue weighted by atomic mass is 19.3. The second-order valence-corrected chi connectivity index (χ2v) is 7.49. The summed E-state index contributed by atoms with van der Waals surface area (Å²) >= 11 is 0. The minimum Gasteiger partial charge on any atom is -0.383 e. The number of aromatic nitrogens is 2. The first kappa shape index (κ1) is 22.1. The lowest BCUT2D eigenvalue weighted by Crippen LogP contribution is -2.25. The van der Waals surface area contributed by atoms with Crippen LogP contribution in [0.15, 0.2) is 95.6 Å². The molecule has 2 heterocycles. The van der Waals surface area contributed by atoms with Gasteiger partial charge in [0, 0.05) is 29.7 Å². The number of hydrogen-bond donors (Lipinski definition) is 1. The number of rotatable bonds is 6. The Morgan fingerprint density at radius 1 is 1.12 bits per heavy atom. The van der Waals surface area contributed by atoms with Gasteiger partial charge in [0.15, 0.2) is 0 Å². The lowest BCUT2D eigenvalue weighted by molar-refractivity contribution is 0.225. The zero-order valence-electron chi connectivity index (χ0n) is 17.7. The van der Waals surface area contributed by atoms with Gasteiger partial charge in [0.1, 0.15) is 23.5 Å². The summed E-state index contributed by atoms with van der Waals surface area (Å²) in [5, 5.41) is 0. The molecule has 1 aliphatic rings. The normalized spacial score (nSPS) is 18.0. The van der Waals surface area contributed by atoms with E-state index < -0.39 is 17.8 Å². The van der Waals surface area contributed by atoms with Gasteiger partial charge in [-0.1, -0.05) is 36.9 Å². The van der Waals surface area contributed by atoms with Gasteiger partial charge in [-0.25, -0.2) is 28.1 Å².